The summed E-state index contributed by atoms with van der Waals surface area (Å²) in [6.45, 7) is 5.07. The van der Waals surface area contributed by atoms with Crippen LogP contribution in [0.4, 0.5) is 13.2 Å². The molecule has 1 saturated carbocycles. The summed E-state index contributed by atoms with van der Waals surface area (Å²) in [5, 5.41) is 0. The van der Waals surface area contributed by atoms with E-state index in [1.807, 2.05) is 19.9 Å². The molecule has 0 N–H and O–H groups in total. The summed E-state index contributed by atoms with van der Waals surface area (Å²) in [5.41, 5.74) is 0.181. The SMILES string of the molecule is CCCOc1ccc(C)nc1C(=O)N1CC2CC2CC1COc1ccc(C(F)(F)F)cn1. The molecule has 2 aromatic rings. The molecule has 9 heteroatoms. The minimum Gasteiger partial charge on any atom is -0.491 e. The second-order valence-corrected chi connectivity index (χ2v) is 8.44. The smallest absolute Gasteiger partial charge is 0.417 e. The number of rotatable bonds is 7. The van der Waals surface area contributed by atoms with Gasteiger partial charge in [-0.15, -0.1) is 0 Å². The fraction of sp³-hybridized carbons (Fsp3) is 0.522. The lowest BCUT2D eigenvalue weighted by Crippen LogP contribution is -2.48. The van der Waals surface area contributed by atoms with Gasteiger partial charge < -0.3 is 14.4 Å². The molecule has 2 fully saturated rings. The van der Waals surface area contributed by atoms with Crippen molar-refractivity contribution in [1.82, 2.24) is 14.9 Å². The molecule has 3 atom stereocenters. The third-order valence-corrected chi connectivity index (χ3v) is 5.93. The van der Waals surface area contributed by atoms with Gasteiger partial charge in [0.1, 0.15) is 6.61 Å². The number of fused-ring (bicyclic) bond motifs is 1. The first kappa shape index (κ1) is 22.4. The molecule has 2 aromatic heterocycles. The van der Waals surface area contributed by atoms with Crippen LogP contribution in [0.25, 0.3) is 0 Å². The van der Waals surface area contributed by atoms with Gasteiger partial charge in [0.05, 0.1) is 18.2 Å². The Labute approximate surface area is 184 Å². The number of carbonyl (C=O) groups excluding carboxylic acids is 1. The van der Waals surface area contributed by atoms with Crippen molar-refractivity contribution >= 4 is 5.91 Å². The van der Waals surface area contributed by atoms with Gasteiger partial charge in [-0.25, -0.2) is 9.97 Å². The first-order valence-corrected chi connectivity index (χ1v) is 10.8. The van der Waals surface area contributed by atoms with Crippen LogP contribution < -0.4 is 9.47 Å². The average molecular weight is 449 g/mol. The molecule has 3 heterocycles. The van der Waals surface area contributed by atoms with E-state index >= 15 is 0 Å². The van der Waals surface area contributed by atoms with Crippen molar-refractivity contribution in [3.8, 4) is 11.6 Å². The van der Waals surface area contributed by atoms with Gasteiger partial charge in [-0.05, 0) is 56.2 Å². The number of likely N-dealkylation sites (tertiary alicyclic amines) is 1. The zero-order valence-electron chi connectivity index (χ0n) is 18.1. The second-order valence-electron chi connectivity index (χ2n) is 8.44. The highest BCUT2D eigenvalue weighted by Gasteiger charge is 2.48. The Morgan fingerprint density at radius 2 is 1.97 bits per heavy atom. The predicted molar refractivity (Wildman–Crippen MR) is 111 cm³/mol. The molecule has 0 spiro atoms. The first-order chi connectivity index (χ1) is 15.3. The van der Waals surface area contributed by atoms with E-state index in [0.29, 0.717) is 30.7 Å². The van der Waals surface area contributed by atoms with E-state index in [-0.39, 0.29) is 30.1 Å². The molecule has 1 aliphatic heterocycles. The number of halogens is 3. The van der Waals surface area contributed by atoms with E-state index in [9.17, 15) is 18.0 Å². The number of carbonyl (C=O) groups is 1. The minimum atomic E-state index is -4.45. The lowest BCUT2D eigenvalue weighted by Gasteiger charge is -2.35. The normalized spacial score (nSPS) is 22.3. The molecule has 0 aromatic carbocycles. The summed E-state index contributed by atoms with van der Waals surface area (Å²) in [7, 11) is 0. The third kappa shape index (κ3) is 4.97. The highest BCUT2D eigenvalue weighted by atomic mass is 19.4. The van der Waals surface area contributed by atoms with Crippen molar-refractivity contribution in [2.75, 3.05) is 19.8 Å². The largest absolute Gasteiger partial charge is 0.491 e. The minimum absolute atomic E-state index is 0.101. The molecule has 4 rings (SSSR count). The first-order valence-electron chi connectivity index (χ1n) is 10.8. The highest BCUT2D eigenvalue weighted by Crippen LogP contribution is 2.47. The molecule has 3 unspecified atom stereocenters. The number of hydrogen-bond acceptors (Lipinski definition) is 5. The van der Waals surface area contributed by atoms with E-state index in [1.165, 1.54) is 6.07 Å². The number of aromatic nitrogens is 2. The molecule has 6 nitrogen and oxygen atoms in total. The summed E-state index contributed by atoms with van der Waals surface area (Å²) in [4.78, 5) is 23.5. The van der Waals surface area contributed by atoms with Gasteiger partial charge in [0.25, 0.3) is 5.91 Å². The third-order valence-electron chi connectivity index (χ3n) is 5.93. The Morgan fingerprint density at radius 3 is 2.66 bits per heavy atom. The topological polar surface area (TPSA) is 64.5 Å². The van der Waals surface area contributed by atoms with Gasteiger partial charge in [0, 0.05) is 24.5 Å². The number of nitrogens with zero attached hydrogens (tertiary/aromatic N) is 3. The van der Waals surface area contributed by atoms with Crippen molar-refractivity contribution in [3.63, 3.8) is 0 Å². The Bertz CT molecular complexity index is 965. The molecule has 0 radical (unpaired) electrons. The summed E-state index contributed by atoms with van der Waals surface area (Å²) >= 11 is 0. The van der Waals surface area contributed by atoms with Crippen molar-refractivity contribution in [2.45, 2.75) is 45.3 Å². The molecule has 1 aliphatic carbocycles. The highest BCUT2D eigenvalue weighted by molar-refractivity contribution is 5.95. The number of pyridine rings is 2. The summed E-state index contributed by atoms with van der Waals surface area (Å²) in [5.74, 6) is 1.38. The Balaban J connectivity index is 1.49. The predicted octanol–water partition coefficient (Wildman–Crippen LogP) is 4.52. The van der Waals surface area contributed by atoms with Gasteiger partial charge >= 0.3 is 6.18 Å². The van der Waals surface area contributed by atoms with Gasteiger partial charge in [0.15, 0.2) is 11.4 Å². The fourth-order valence-electron chi connectivity index (χ4n) is 4.08. The van der Waals surface area contributed by atoms with E-state index in [0.717, 1.165) is 37.2 Å². The maximum absolute atomic E-state index is 13.5. The van der Waals surface area contributed by atoms with Gasteiger partial charge in [-0.1, -0.05) is 6.92 Å². The molecule has 1 saturated heterocycles. The molecule has 1 amide bonds. The van der Waals surface area contributed by atoms with Crippen LogP contribution in [0.5, 0.6) is 11.6 Å². The van der Waals surface area contributed by atoms with Crippen molar-refractivity contribution in [1.29, 1.82) is 0 Å². The molecular formula is C23H26F3N3O3. The van der Waals surface area contributed by atoms with Crippen LogP contribution in [0, 0.1) is 18.8 Å². The van der Waals surface area contributed by atoms with E-state index in [4.69, 9.17) is 9.47 Å². The summed E-state index contributed by atoms with van der Waals surface area (Å²) < 4.78 is 49.7. The Hall–Kier alpha value is -2.84. The van der Waals surface area contributed by atoms with Crippen LogP contribution >= 0.6 is 0 Å². The van der Waals surface area contributed by atoms with Gasteiger partial charge in [-0.2, -0.15) is 13.2 Å². The number of amides is 1. The zero-order chi connectivity index (χ0) is 22.9. The van der Waals surface area contributed by atoms with E-state index < -0.39 is 11.7 Å². The lowest BCUT2D eigenvalue weighted by molar-refractivity contribution is -0.137. The number of piperidine rings is 1. The Kier molecular flexibility index (Phi) is 6.26. The molecular weight excluding hydrogens is 423 g/mol. The maximum atomic E-state index is 13.5. The molecule has 0 bridgehead atoms. The van der Waals surface area contributed by atoms with Crippen molar-refractivity contribution in [3.05, 3.63) is 47.4 Å². The van der Waals surface area contributed by atoms with Crippen LogP contribution in [0.2, 0.25) is 0 Å². The lowest BCUT2D eigenvalue weighted by atomic mass is 10.0. The van der Waals surface area contributed by atoms with Crippen LogP contribution in [0.1, 0.15) is 47.9 Å². The van der Waals surface area contributed by atoms with Crippen LogP contribution in [-0.4, -0.2) is 46.6 Å². The second kappa shape index (κ2) is 8.96. The van der Waals surface area contributed by atoms with E-state index in [1.54, 1.807) is 11.0 Å². The van der Waals surface area contributed by atoms with Crippen LogP contribution in [0.3, 0.4) is 0 Å². The summed E-state index contributed by atoms with van der Waals surface area (Å²) in [6, 6.07) is 5.52. The number of hydrogen-bond donors (Lipinski definition) is 0. The standard InChI is InChI=1S/C23H26F3N3O3/c1-3-8-31-19-6-4-14(2)28-21(19)22(30)29-12-16-9-15(16)10-18(29)13-32-20-7-5-17(11-27-20)23(24,25)26/h4-7,11,15-16,18H,3,8-10,12-13H2,1-2H3. The van der Waals surface area contributed by atoms with Gasteiger partial charge in [0.2, 0.25) is 5.88 Å². The summed E-state index contributed by atoms with van der Waals surface area (Å²) in [6.07, 6.45) is -1.03. The average Bonchev–Trinajstić information content (AvgIpc) is 3.53. The van der Waals surface area contributed by atoms with Crippen LogP contribution in [-0.2, 0) is 6.18 Å². The fourth-order valence-corrected chi connectivity index (χ4v) is 4.08. The molecule has 2 aliphatic rings. The number of ether oxygens (including phenoxy) is 2. The molecule has 172 valence electrons. The maximum Gasteiger partial charge on any atom is 0.417 e. The van der Waals surface area contributed by atoms with E-state index in [2.05, 4.69) is 9.97 Å². The zero-order valence-corrected chi connectivity index (χ0v) is 18.1. The van der Waals surface area contributed by atoms with Crippen LogP contribution in [0.15, 0.2) is 30.5 Å². The van der Waals surface area contributed by atoms with Crippen molar-refractivity contribution < 1.29 is 27.4 Å². The monoisotopic (exact) mass is 449 g/mol. The quantitative estimate of drug-likeness (QED) is 0.622. The van der Waals surface area contributed by atoms with Crippen molar-refractivity contribution in [2.24, 2.45) is 11.8 Å². The molecule has 32 heavy (non-hydrogen) atoms. The van der Waals surface area contributed by atoms with Gasteiger partial charge in [-0.3, -0.25) is 4.79 Å². The number of aryl methyl sites for hydroxylation is 1. The Morgan fingerprint density at radius 1 is 1.16 bits per heavy atom. The number of alkyl halides is 3.